The second-order valence-corrected chi connectivity index (χ2v) is 8.44. The molecule has 1 heterocycles. The van der Waals surface area contributed by atoms with E-state index in [0.29, 0.717) is 28.2 Å². The molecule has 0 fully saturated rings. The summed E-state index contributed by atoms with van der Waals surface area (Å²) in [6, 6.07) is 9.25. The van der Waals surface area contributed by atoms with Gasteiger partial charge in [0.15, 0.2) is 22.5 Å². The van der Waals surface area contributed by atoms with Crippen molar-refractivity contribution in [3.63, 3.8) is 0 Å². The zero-order valence-corrected chi connectivity index (χ0v) is 20.7. The molecule has 2 amide bonds. The summed E-state index contributed by atoms with van der Waals surface area (Å²) in [5.41, 5.74) is 1.17. The van der Waals surface area contributed by atoms with E-state index in [-0.39, 0.29) is 29.1 Å². The average Bonchev–Trinajstić information content (AvgIpc) is 3.21. The van der Waals surface area contributed by atoms with Crippen molar-refractivity contribution in [1.82, 2.24) is 20.1 Å². The molecule has 0 spiro atoms. The molecule has 12 heteroatoms. The number of nitrogens with zero attached hydrogens (tertiary/aromatic N) is 3. The van der Waals surface area contributed by atoms with Crippen LogP contribution in [0.4, 0.5) is 10.1 Å². The number of halogens is 2. The second-order valence-electron chi connectivity index (χ2n) is 7.09. The SMILES string of the molecule is COc1ccc(/C=C/C(=O)NCc2nnc(SCC(=O)Nc3ccc(F)c(Cl)c3)n2C)cc1OC. The van der Waals surface area contributed by atoms with Gasteiger partial charge in [-0.05, 0) is 42.0 Å². The molecule has 0 atom stereocenters. The lowest BCUT2D eigenvalue weighted by molar-refractivity contribution is -0.116. The van der Waals surface area contributed by atoms with E-state index in [1.807, 2.05) is 0 Å². The van der Waals surface area contributed by atoms with Crippen LogP contribution in [0.3, 0.4) is 0 Å². The van der Waals surface area contributed by atoms with Gasteiger partial charge in [-0.2, -0.15) is 0 Å². The molecule has 0 aliphatic carbocycles. The molecule has 0 radical (unpaired) electrons. The minimum atomic E-state index is -0.561. The molecule has 3 aromatic rings. The van der Waals surface area contributed by atoms with Gasteiger partial charge in [-0.25, -0.2) is 4.39 Å². The van der Waals surface area contributed by atoms with Crippen molar-refractivity contribution in [3.05, 3.63) is 64.7 Å². The van der Waals surface area contributed by atoms with Crippen LogP contribution in [-0.4, -0.2) is 46.6 Å². The summed E-state index contributed by atoms with van der Waals surface area (Å²) in [4.78, 5) is 24.4. The fourth-order valence-corrected chi connectivity index (χ4v) is 3.79. The Morgan fingerprint density at radius 2 is 1.91 bits per heavy atom. The smallest absolute Gasteiger partial charge is 0.244 e. The molecule has 184 valence electrons. The van der Waals surface area contributed by atoms with Crippen LogP contribution in [0.1, 0.15) is 11.4 Å². The summed E-state index contributed by atoms with van der Waals surface area (Å²) in [5, 5.41) is 13.9. The summed E-state index contributed by atoms with van der Waals surface area (Å²) in [6.45, 7) is 0.152. The van der Waals surface area contributed by atoms with Crippen molar-refractivity contribution in [1.29, 1.82) is 0 Å². The number of amides is 2. The van der Waals surface area contributed by atoms with Crippen LogP contribution in [0.2, 0.25) is 5.02 Å². The van der Waals surface area contributed by atoms with Gasteiger partial charge in [-0.3, -0.25) is 9.59 Å². The summed E-state index contributed by atoms with van der Waals surface area (Å²) in [6.07, 6.45) is 3.06. The largest absolute Gasteiger partial charge is 0.493 e. The third kappa shape index (κ3) is 7.20. The van der Waals surface area contributed by atoms with Gasteiger partial charge in [0.05, 0.1) is 31.5 Å². The number of methoxy groups -OCH3 is 2. The molecule has 1 aromatic heterocycles. The minimum absolute atomic E-state index is 0.0569. The van der Waals surface area contributed by atoms with Crippen molar-refractivity contribution < 1.29 is 23.5 Å². The van der Waals surface area contributed by atoms with Gasteiger partial charge in [0.1, 0.15) is 5.82 Å². The lowest BCUT2D eigenvalue weighted by Gasteiger charge is -2.07. The van der Waals surface area contributed by atoms with E-state index in [9.17, 15) is 14.0 Å². The monoisotopic (exact) mass is 519 g/mol. The van der Waals surface area contributed by atoms with Gasteiger partial charge in [-0.15, -0.1) is 10.2 Å². The van der Waals surface area contributed by atoms with Gasteiger partial charge in [0.2, 0.25) is 11.8 Å². The first-order valence-corrected chi connectivity index (χ1v) is 11.6. The minimum Gasteiger partial charge on any atom is -0.493 e. The Kier molecular flexibility index (Phi) is 9.10. The zero-order valence-electron chi connectivity index (χ0n) is 19.2. The Morgan fingerprint density at radius 1 is 1.14 bits per heavy atom. The van der Waals surface area contributed by atoms with Gasteiger partial charge in [-0.1, -0.05) is 29.4 Å². The van der Waals surface area contributed by atoms with E-state index in [2.05, 4.69) is 20.8 Å². The van der Waals surface area contributed by atoms with E-state index in [4.69, 9.17) is 21.1 Å². The maximum atomic E-state index is 13.2. The molecular weight excluding hydrogens is 497 g/mol. The molecule has 0 saturated heterocycles. The summed E-state index contributed by atoms with van der Waals surface area (Å²) in [5.74, 6) is 0.559. The highest BCUT2D eigenvalue weighted by atomic mass is 35.5. The number of nitrogens with one attached hydrogen (secondary N) is 2. The highest BCUT2D eigenvalue weighted by Crippen LogP contribution is 2.28. The average molecular weight is 520 g/mol. The highest BCUT2D eigenvalue weighted by molar-refractivity contribution is 7.99. The van der Waals surface area contributed by atoms with Crippen molar-refractivity contribution in [3.8, 4) is 11.5 Å². The van der Waals surface area contributed by atoms with Crippen LogP contribution in [0.5, 0.6) is 11.5 Å². The van der Waals surface area contributed by atoms with Crippen LogP contribution in [0, 0.1) is 5.82 Å². The third-order valence-electron chi connectivity index (χ3n) is 4.72. The zero-order chi connectivity index (χ0) is 25.4. The number of carbonyl (C=O) groups is 2. The Morgan fingerprint density at radius 3 is 2.63 bits per heavy atom. The first-order valence-electron chi connectivity index (χ1n) is 10.2. The normalized spacial score (nSPS) is 10.9. The Hall–Kier alpha value is -3.57. The number of hydrogen-bond donors (Lipinski definition) is 2. The van der Waals surface area contributed by atoms with Crippen LogP contribution in [0.25, 0.3) is 6.08 Å². The second kappa shape index (κ2) is 12.2. The van der Waals surface area contributed by atoms with Gasteiger partial charge in [0.25, 0.3) is 0 Å². The van der Waals surface area contributed by atoms with Crippen LogP contribution < -0.4 is 20.1 Å². The third-order valence-corrected chi connectivity index (χ3v) is 6.03. The molecule has 2 N–H and O–H groups in total. The number of anilines is 1. The fraction of sp³-hybridized carbons (Fsp3) is 0.217. The topological polar surface area (TPSA) is 107 Å². The number of ether oxygens (including phenoxy) is 2. The Balaban J connectivity index is 1.49. The lowest BCUT2D eigenvalue weighted by Crippen LogP contribution is -2.22. The van der Waals surface area contributed by atoms with E-state index in [0.717, 1.165) is 5.56 Å². The summed E-state index contributed by atoms with van der Waals surface area (Å²) in [7, 11) is 4.83. The van der Waals surface area contributed by atoms with E-state index in [1.165, 1.54) is 36.0 Å². The van der Waals surface area contributed by atoms with Crippen molar-refractivity contribution in [2.45, 2.75) is 11.7 Å². The summed E-state index contributed by atoms with van der Waals surface area (Å²) >= 11 is 6.90. The first-order chi connectivity index (χ1) is 16.8. The molecule has 0 saturated carbocycles. The van der Waals surface area contributed by atoms with Gasteiger partial charge < -0.3 is 24.7 Å². The van der Waals surface area contributed by atoms with Gasteiger partial charge >= 0.3 is 0 Å². The molecule has 3 rings (SSSR count). The maximum absolute atomic E-state index is 13.2. The van der Waals surface area contributed by atoms with Crippen LogP contribution >= 0.6 is 23.4 Å². The molecule has 0 aliphatic heterocycles. The lowest BCUT2D eigenvalue weighted by atomic mass is 10.2. The fourth-order valence-electron chi connectivity index (χ4n) is 2.88. The summed E-state index contributed by atoms with van der Waals surface area (Å²) < 4.78 is 25.4. The van der Waals surface area contributed by atoms with Crippen LogP contribution in [0.15, 0.2) is 47.6 Å². The quantitative estimate of drug-likeness (QED) is 0.311. The number of rotatable bonds is 10. The van der Waals surface area contributed by atoms with Crippen molar-refractivity contribution in [2.24, 2.45) is 7.05 Å². The molecule has 0 aliphatic rings. The number of thioether (sulfide) groups is 1. The Bertz CT molecular complexity index is 1250. The number of aromatic nitrogens is 3. The maximum Gasteiger partial charge on any atom is 0.244 e. The van der Waals surface area contributed by atoms with E-state index < -0.39 is 5.82 Å². The predicted molar refractivity (Wildman–Crippen MR) is 132 cm³/mol. The molecule has 0 unspecified atom stereocenters. The first kappa shape index (κ1) is 26.0. The number of benzene rings is 2. The molecular formula is C23H23ClFN5O4S. The van der Waals surface area contributed by atoms with Crippen molar-refractivity contribution >= 4 is 46.9 Å². The number of hydrogen-bond acceptors (Lipinski definition) is 7. The molecule has 2 aromatic carbocycles. The predicted octanol–water partition coefficient (Wildman–Crippen LogP) is 3.69. The van der Waals surface area contributed by atoms with E-state index in [1.54, 1.807) is 50.1 Å². The molecule has 35 heavy (non-hydrogen) atoms. The standard InChI is InChI=1S/C23H23ClFN5O4S/c1-30-20(12-26-21(31)9-5-14-4-8-18(33-2)19(10-14)34-3)28-29-23(30)35-13-22(32)27-15-6-7-17(25)16(24)11-15/h4-11H,12-13H2,1-3H3,(H,26,31)(H,27,32)/b9-5+. The number of carbonyl (C=O) groups excluding carboxylic acids is 2. The highest BCUT2D eigenvalue weighted by Gasteiger charge is 2.13. The van der Waals surface area contributed by atoms with Gasteiger partial charge in [0, 0.05) is 18.8 Å². The van der Waals surface area contributed by atoms with E-state index >= 15 is 0 Å². The Labute approximate surface area is 210 Å². The molecule has 0 bridgehead atoms. The molecule has 9 nitrogen and oxygen atoms in total. The van der Waals surface area contributed by atoms with Crippen LogP contribution in [-0.2, 0) is 23.2 Å². The van der Waals surface area contributed by atoms with Crippen molar-refractivity contribution in [2.75, 3.05) is 25.3 Å².